The number of allylic oxidation sites excluding steroid dienone is 1. The Morgan fingerprint density at radius 2 is 2.43 bits per heavy atom. The summed E-state index contributed by atoms with van der Waals surface area (Å²) in [7, 11) is 0. The minimum atomic E-state index is -0.626. The normalized spacial score (nSPS) is 10.0. The molecule has 1 aromatic heterocycles. The van der Waals surface area contributed by atoms with E-state index in [1.54, 1.807) is 6.07 Å². The van der Waals surface area contributed by atoms with Gasteiger partial charge in [0, 0.05) is 23.9 Å². The Balaban J connectivity index is 3.14. The molecule has 0 N–H and O–H groups in total. The molecule has 14 heavy (non-hydrogen) atoms. The molecule has 0 atom stereocenters. The van der Waals surface area contributed by atoms with E-state index < -0.39 is 4.92 Å². The first-order chi connectivity index (χ1) is 6.65. The predicted octanol–water partition coefficient (Wildman–Crippen LogP) is 2.18. The van der Waals surface area contributed by atoms with Gasteiger partial charge in [0.25, 0.3) is 0 Å². The molecule has 1 rings (SSSR count). The minimum Gasteiger partial charge on any atom is -0.258 e. The number of pyridine rings is 1. The van der Waals surface area contributed by atoms with Gasteiger partial charge < -0.3 is 0 Å². The van der Waals surface area contributed by atoms with Crippen LogP contribution < -0.4 is 0 Å². The lowest BCUT2D eigenvalue weighted by Gasteiger charge is -1.95. The van der Waals surface area contributed by atoms with Crippen LogP contribution in [0.3, 0.4) is 0 Å². The number of rotatable bonds is 2. The SMILES string of the molecule is N#CC=Cc1cnc(Cl)c([N+](=O)[O-])c1. The summed E-state index contributed by atoms with van der Waals surface area (Å²) in [4.78, 5) is 13.4. The molecule has 70 valence electrons. The fourth-order valence-electron chi connectivity index (χ4n) is 0.805. The maximum atomic E-state index is 10.4. The third-order valence-corrected chi connectivity index (χ3v) is 1.68. The van der Waals surface area contributed by atoms with E-state index >= 15 is 0 Å². The van der Waals surface area contributed by atoms with Crippen molar-refractivity contribution in [1.82, 2.24) is 4.98 Å². The third kappa shape index (κ3) is 2.28. The molecule has 0 aromatic carbocycles. The van der Waals surface area contributed by atoms with Crippen molar-refractivity contribution in [2.24, 2.45) is 0 Å². The lowest BCUT2D eigenvalue weighted by molar-refractivity contribution is -0.385. The average Bonchev–Trinajstić information content (AvgIpc) is 2.16. The first-order valence-corrected chi connectivity index (χ1v) is 3.89. The Kier molecular flexibility index (Phi) is 3.15. The van der Waals surface area contributed by atoms with Gasteiger partial charge in [-0.15, -0.1) is 0 Å². The monoisotopic (exact) mass is 209 g/mol. The fraction of sp³-hybridized carbons (Fsp3) is 0. The Morgan fingerprint density at radius 3 is 3.00 bits per heavy atom. The lowest BCUT2D eigenvalue weighted by atomic mass is 10.2. The maximum absolute atomic E-state index is 10.4. The summed E-state index contributed by atoms with van der Waals surface area (Å²) in [5.74, 6) is 0. The highest BCUT2D eigenvalue weighted by molar-refractivity contribution is 6.31. The molecule has 1 aromatic rings. The van der Waals surface area contributed by atoms with Gasteiger partial charge in [-0.1, -0.05) is 11.6 Å². The van der Waals surface area contributed by atoms with Gasteiger partial charge in [0.15, 0.2) is 0 Å². The van der Waals surface area contributed by atoms with Crippen LogP contribution in [0.25, 0.3) is 6.08 Å². The second kappa shape index (κ2) is 4.35. The zero-order valence-corrected chi connectivity index (χ0v) is 7.60. The number of halogens is 1. The maximum Gasteiger partial charge on any atom is 0.307 e. The van der Waals surface area contributed by atoms with Gasteiger partial charge >= 0.3 is 5.69 Å². The van der Waals surface area contributed by atoms with Gasteiger partial charge in [0.2, 0.25) is 5.15 Å². The topological polar surface area (TPSA) is 79.8 Å². The van der Waals surface area contributed by atoms with Gasteiger partial charge in [-0.05, 0) is 6.08 Å². The minimum absolute atomic E-state index is 0.163. The molecule has 0 aliphatic carbocycles. The Hall–Kier alpha value is -1.93. The fourth-order valence-corrected chi connectivity index (χ4v) is 0.977. The van der Waals surface area contributed by atoms with Gasteiger partial charge in [0.1, 0.15) is 0 Å². The molecule has 0 saturated heterocycles. The lowest BCUT2D eigenvalue weighted by Crippen LogP contribution is -1.91. The number of hydrogen-bond acceptors (Lipinski definition) is 4. The van der Waals surface area contributed by atoms with Crippen LogP contribution in [0, 0.1) is 21.4 Å². The summed E-state index contributed by atoms with van der Waals surface area (Å²) in [6.45, 7) is 0. The summed E-state index contributed by atoms with van der Waals surface area (Å²) in [5.41, 5.74) is 0.189. The summed E-state index contributed by atoms with van der Waals surface area (Å²) >= 11 is 5.48. The van der Waals surface area contributed by atoms with E-state index in [-0.39, 0.29) is 10.8 Å². The van der Waals surface area contributed by atoms with Crippen LogP contribution in [0.4, 0.5) is 5.69 Å². The molecule has 0 fully saturated rings. The van der Waals surface area contributed by atoms with E-state index in [9.17, 15) is 10.1 Å². The Bertz CT molecular complexity index is 437. The molecule has 0 saturated carbocycles. The standard InChI is InChI=1S/C8H4ClN3O2/c9-8-7(12(13)14)4-6(5-11-8)2-1-3-10/h1-2,4-5H. The van der Waals surface area contributed by atoms with E-state index in [1.807, 2.05) is 0 Å². The molecule has 1 heterocycles. The van der Waals surface area contributed by atoms with Crippen LogP contribution in [0.5, 0.6) is 0 Å². The third-order valence-electron chi connectivity index (χ3n) is 1.39. The Labute approximate surface area is 84.4 Å². The molecule has 5 nitrogen and oxygen atoms in total. The van der Waals surface area contributed by atoms with Gasteiger partial charge in [-0.3, -0.25) is 10.1 Å². The van der Waals surface area contributed by atoms with Gasteiger partial charge in [0.05, 0.1) is 11.0 Å². The van der Waals surface area contributed by atoms with E-state index in [0.29, 0.717) is 5.56 Å². The van der Waals surface area contributed by atoms with Crippen LogP contribution >= 0.6 is 11.6 Å². The summed E-state index contributed by atoms with van der Waals surface area (Å²) in [6, 6.07) is 3.02. The number of aromatic nitrogens is 1. The zero-order chi connectivity index (χ0) is 10.6. The van der Waals surface area contributed by atoms with E-state index in [4.69, 9.17) is 16.9 Å². The molecule has 0 aliphatic heterocycles. The first kappa shape index (κ1) is 10.2. The largest absolute Gasteiger partial charge is 0.307 e. The number of nitrogens with zero attached hydrogens (tertiary/aromatic N) is 3. The van der Waals surface area contributed by atoms with Gasteiger partial charge in [-0.2, -0.15) is 5.26 Å². The smallest absolute Gasteiger partial charge is 0.258 e. The van der Waals surface area contributed by atoms with Crippen molar-refractivity contribution in [3.63, 3.8) is 0 Å². The number of nitro groups is 1. The molecule has 0 bridgehead atoms. The van der Waals surface area contributed by atoms with Crippen molar-refractivity contribution in [1.29, 1.82) is 5.26 Å². The van der Waals surface area contributed by atoms with E-state index in [2.05, 4.69) is 4.98 Å². The predicted molar refractivity (Wildman–Crippen MR) is 50.5 cm³/mol. The quantitative estimate of drug-likeness (QED) is 0.324. The van der Waals surface area contributed by atoms with Crippen LogP contribution in [-0.4, -0.2) is 9.91 Å². The van der Waals surface area contributed by atoms with Crippen LogP contribution in [0.1, 0.15) is 5.56 Å². The van der Waals surface area contributed by atoms with Crippen LogP contribution in [0.15, 0.2) is 18.3 Å². The highest BCUT2D eigenvalue weighted by Gasteiger charge is 2.12. The van der Waals surface area contributed by atoms with Crippen molar-refractivity contribution in [2.75, 3.05) is 0 Å². The van der Waals surface area contributed by atoms with Crippen LogP contribution in [0.2, 0.25) is 5.15 Å². The number of hydrogen-bond donors (Lipinski definition) is 0. The second-order valence-electron chi connectivity index (χ2n) is 2.30. The molecule has 0 unspecified atom stereocenters. The van der Waals surface area contributed by atoms with E-state index in [1.165, 1.54) is 24.4 Å². The average molecular weight is 210 g/mol. The molecule has 6 heteroatoms. The number of nitriles is 1. The second-order valence-corrected chi connectivity index (χ2v) is 2.66. The van der Waals surface area contributed by atoms with Gasteiger partial charge in [-0.25, -0.2) is 4.98 Å². The van der Waals surface area contributed by atoms with Crippen molar-refractivity contribution in [2.45, 2.75) is 0 Å². The van der Waals surface area contributed by atoms with Crippen molar-refractivity contribution >= 4 is 23.4 Å². The zero-order valence-electron chi connectivity index (χ0n) is 6.85. The van der Waals surface area contributed by atoms with Crippen molar-refractivity contribution in [3.8, 4) is 6.07 Å². The van der Waals surface area contributed by atoms with Crippen LogP contribution in [-0.2, 0) is 0 Å². The molecule has 0 spiro atoms. The molecule has 0 aliphatic rings. The molecule has 0 radical (unpaired) electrons. The Morgan fingerprint density at radius 1 is 1.71 bits per heavy atom. The van der Waals surface area contributed by atoms with Crippen molar-refractivity contribution in [3.05, 3.63) is 39.2 Å². The van der Waals surface area contributed by atoms with E-state index in [0.717, 1.165) is 0 Å². The molecular weight excluding hydrogens is 206 g/mol. The summed E-state index contributed by atoms with van der Waals surface area (Å²) < 4.78 is 0. The molecular formula is C8H4ClN3O2. The summed E-state index contributed by atoms with van der Waals surface area (Å²) in [6.07, 6.45) is 3.97. The first-order valence-electron chi connectivity index (χ1n) is 3.51. The molecule has 0 amide bonds. The highest BCUT2D eigenvalue weighted by atomic mass is 35.5. The highest BCUT2D eigenvalue weighted by Crippen LogP contribution is 2.22. The summed E-state index contributed by atoms with van der Waals surface area (Å²) in [5, 5.41) is 18.5. The van der Waals surface area contributed by atoms with Crippen molar-refractivity contribution < 1.29 is 4.92 Å².